The Balaban J connectivity index is 2.38. The van der Waals surface area contributed by atoms with Crippen LogP contribution in [-0.2, 0) is 19.3 Å². The van der Waals surface area contributed by atoms with E-state index in [0.29, 0.717) is 22.3 Å². The maximum atomic E-state index is 12.0. The van der Waals surface area contributed by atoms with E-state index in [1.165, 1.54) is 11.1 Å². The molecule has 1 aromatic carbocycles. The molecule has 17 heavy (non-hydrogen) atoms. The number of aromatic nitrogens is 3. The highest BCUT2D eigenvalue weighted by Crippen LogP contribution is 2.24. The third kappa shape index (κ3) is 1.42. The van der Waals surface area contributed by atoms with Gasteiger partial charge in [-0.05, 0) is 36.5 Å². The molecule has 5 heteroatoms. The van der Waals surface area contributed by atoms with Crippen LogP contribution in [0.1, 0.15) is 30.3 Å². The number of nitrogens with zero attached hydrogens (tertiary/aromatic N) is 3. The van der Waals surface area contributed by atoms with Crippen LogP contribution in [0.2, 0.25) is 0 Å². The second-order valence-corrected chi connectivity index (χ2v) is 4.40. The van der Waals surface area contributed by atoms with Crippen LogP contribution >= 0.6 is 0 Å². The highest BCUT2D eigenvalue weighted by Gasteiger charge is 2.23. The maximum Gasteiger partial charge on any atom is 0.376 e. The van der Waals surface area contributed by atoms with Crippen molar-refractivity contribution in [1.82, 2.24) is 5.10 Å². The van der Waals surface area contributed by atoms with E-state index in [9.17, 15) is 10.4 Å². The third-order valence-corrected chi connectivity index (χ3v) is 3.37. The van der Waals surface area contributed by atoms with Gasteiger partial charge in [-0.3, -0.25) is 0 Å². The van der Waals surface area contributed by atoms with Gasteiger partial charge in [0.15, 0.2) is 0 Å². The van der Waals surface area contributed by atoms with Gasteiger partial charge in [0.1, 0.15) is 0 Å². The second-order valence-electron chi connectivity index (χ2n) is 4.40. The quantitative estimate of drug-likeness (QED) is 0.532. The molecule has 0 radical (unpaired) electrons. The minimum Gasteiger partial charge on any atom is -0.710 e. The van der Waals surface area contributed by atoms with Gasteiger partial charge in [0.2, 0.25) is 10.6 Å². The van der Waals surface area contributed by atoms with Gasteiger partial charge in [-0.25, -0.2) is 4.73 Å². The average molecular weight is 231 g/mol. The highest BCUT2D eigenvalue weighted by atomic mass is 16.5. The van der Waals surface area contributed by atoms with E-state index in [4.69, 9.17) is 0 Å². The van der Waals surface area contributed by atoms with E-state index in [2.05, 4.69) is 5.10 Å². The summed E-state index contributed by atoms with van der Waals surface area (Å²) in [7, 11) is 0. The summed E-state index contributed by atoms with van der Waals surface area (Å²) in [6.07, 6.45) is 3.53. The minimum atomic E-state index is 0.269. The zero-order valence-corrected chi connectivity index (χ0v) is 9.64. The van der Waals surface area contributed by atoms with Gasteiger partial charge in [-0.15, -0.1) is 0 Å². The normalized spacial score (nSPS) is 14.2. The Morgan fingerprint density at radius 2 is 1.82 bits per heavy atom. The summed E-state index contributed by atoms with van der Waals surface area (Å²) in [4.78, 5) is 0.571. The molecule has 0 spiro atoms. The molecule has 0 N–H and O–H groups in total. The summed E-state index contributed by atoms with van der Waals surface area (Å²) in [6.45, 7) is 1.82. The fraction of sp³-hybridized carbons (Fsp3) is 0.417. The largest absolute Gasteiger partial charge is 0.710 e. The SMILES string of the molecule is CCc1n[n+]([O-])c2cc3c(cc2[n+]1[O-])CCC3. The lowest BCUT2D eigenvalue weighted by Crippen LogP contribution is -2.45. The van der Waals surface area contributed by atoms with Crippen molar-refractivity contribution in [1.29, 1.82) is 0 Å². The molecule has 0 aliphatic heterocycles. The van der Waals surface area contributed by atoms with Crippen LogP contribution < -0.4 is 9.58 Å². The van der Waals surface area contributed by atoms with E-state index in [0.717, 1.165) is 24.0 Å². The molecule has 0 fully saturated rings. The molecular weight excluding hydrogens is 218 g/mol. The zero-order valence-electron chi connectivity index (χ0n) is 9.64. The third-order valence-electron chi connectivity index (χ3n) is 3.37. The summed E-state index contributed by atoms with van der Waals surface area (Å²) >= 11 is 0. The molecule has 1 aromatic heterocycles. The fourth-order valence-electron chi connectivity index (χ4n) is 2.47. The lowest BCUT2D eigenvalue weighted by atomic mass is 10.1. The van der Waals surface area contributed by atoms with E-state index < -0.39 is 0 Å². The first kappa shape index (κ1) is 10.3. The number of hydrogen-bond donors (Lipinski definition) is 0. The number of benzene rings is 1. The molecule has 0 bridgehead atoms. The van der Waals surface area contributed by atoms with Crippen molar-refractivity contribution in [3.8, 4) is 0 Å². The highest BCUT2D eigenvalue weighted by molar-refractivity contribution is 5.70. The predicted molar refractivity (Wildman–Crippen MR) is 61.1 cm³/mol. The molecule has 5 nitrogen and oxygen atoms in total. The van der Waals surface area contributed by atoms with Crippen LogP contribution in [0.25, 0.3) is 11.0 Å². The minimum absolute atomic E-state index is 0.269. The van der Waals surface area contributed by atoms with Crippen LogP contribution in [0, 0.1) is 10.4 Å². The summed E-state index contributed by atoms with van der Waals surface area (Å²) in [5.74, 6) is 0.269. The van der Waals surface area contributed by atoms with Gasteiger partial charge in [-0.2, -0.15) is 0 Å². The standard InChI is InChI=1S/C12H13N3O2/c1-2-12-13-15(17)11-7-9-5-3-4-8(9)6-10(11)14(12)16/h6-7H,2-5H2,1H3. The van der Waals surface area contributed by atoms with Crippen LogP contribution in [0.3, 0.4) is 0 Å². The van der Waals surface area contributed by atoms with Crippen molar-refractivity contribution in [3.63, 3.8) is 0 Å². The molecule has 0 saturated heterocycles. The first-order valence-corrected chi connectivity index (χ1v) is 5.88. The molecule has 3 rings (SSSR count). The van der Waals surface area contributed by atoms with Crippen LogP contribution in [-0.4, -0.2) is 5.10 Å². The van der Waals surface area contributed by atoms with Crippen molar-refractivity contribution < 1.29 is 9.58 Å². The van der Waals surface area contributed by atoms with Gasteiger partial charge >= 0.3 is 11.3 Å². The van der Waals surface area contributed by atoms with Crippen molar-refractivity contribution >= 4 is 11.0 Å². The zero-order chi connectivity index (χ0) is 12.0. The van der Waals surface area contributed by atoms with Crippen LogP contribution in [0.4, 0.5) is 0 Å². The van der Waals surface area contributed by atoms with Gasteiger partial charge < -0.3 is 10.4 Å². The maximum absolute atomic E-state index is 12.0. The molecule has 0 saturated carbocycles. The summed E-state index contributed by atoms with van der Waals surface area (Å²) in [5.41, 5.74) is 3.17. The number of fused-ring (bicyclic) bond motifs is 2. The molecule has 0 atom stereocenters. The van der Waals surface area contributed by atoms with Crippen LogP contribution in [0.5, 0.6) is 0 Å². The predicted octanol–water partition coefficient (Wildman–Crippen LogP) is 0.553. The molecule has 1 aliphatic rings. The van der Waals surface area contributed by atoms with Gasteiger partial charge in [0, 0.05) is 6.07 Å². The smallest absolute Gasteiger partial charge is 0.376 e. The molecule has 0 unspecified atom stereocenters. The first-order chi connectivity index (χ1) is 8.20. The molecule has 0 amide bonds. The van der Waals surface area contributed by atoms with Crippen LogP contribution in [0.15, 0.2) is 12.1 Å². The van der Waals surface area contributed by atoms with E-state index in [1.54, 1.807) is 0 Å². The van der Waals surface area contributed by atoms with Crippen molar-refractivity contribution in [2.24, 2.45) is 0 Å². The Morgan fingerprint density at radius 1 is 1.18 bits per heavy atom. The van der Waals surface area contributed by atoms with E-state index in [-0.39, 0.29) is 5.82 Å². The molecule has 2 aromatic rings. The van der Waals surface area contributed by atoms with Crippen molar-refractivity contribution in [2.45, 2.75) is 32.6 Å². The number of rotatable bonds is 1. The lowest BCUT2D eigenvalue weighted by molar-refractivity contribution is -0.685. The molecule has 88 valence electrons. The molecule has 1 aliphatic carbocycles. The Hall–Kier alpha value is -1.91. The monoisotopic (exact) mass is 231 g/mol. The van der Waals surface area contributed by atoms with Crippen molar-refractivity contribution in [2.75, 3.05) is 0 Å². The second kappa shape index (κ2) is 3.55. The van der Waals surface area contributed by atoms with E-state index in [1.807, 2.05) is 19.1 Å². The summed E-state index contributed by atoms with van der Waals surface area (Å²) in [6, 6.07) is 3.66. The Labute approximate surface area is 98.5 Å². The van der Waals surface area contributed by atoms with Crippen molar-refractivity contribution in [3.05, 3.63) is 39.5 Å². The number of aryl methyl sites for hydroxylation is 3. The fourth-order valence-corrected chi connectivity index (χ4v) is 2.47. The number of hydrogen-bond acceptors (Lipinski definition) is 3. The lowest BCUT2D eigenvalue weighted by Gasteiger charge is -2.08. The summed E-state index contributed by atoms with van der Waals surface area (Å²) in [5, 5.41) is 27.5. The van der Waals surface area contributed by atoms with Gasteiger partial charge in [-0.1, -0.05) is 6.92 Å². The van der Waals surface area contributed by atoms with Gasteiger partial charge in [0.05, 0.1) is 11.3 Å². The average Bonchev–Trinajstić information content (AvgIpc) is 2.79. The molecular formula is C12H13N3O2. The Bertz CT molecular complexity index is 610. The Kier molecular flexibility index (Phi) is 2.14. The molecule has 1 heterocycles. The topological polar surface area (TPSA) is 66.8 Å². The first-order valence-electron chi connectivity index (χ1n) is 5.88. The van der Waals surface area contributed by atoms with Gasteiger partial charge in [0.25, 0.3) is 0 Å². The van der Waals surface area contributed by atoms with E-state index >= 15 is 0 Å². The Morgan fingerprint density at radius 3 is 2.47 bits per heavy atom. The summed E-state index contributed by atoms with van der Waals surface area (Å²) < 4.78 is 0.780.